The van der Waals surface area contributed by atoms with Crippen LogP contribution in [-0.4, -0.2) is 101 Å². The number of nitrogens with one attached hydrogen (secondary N) is 3. The predicted octanol–water partition coefficient (Wildman–Crippen LogP) is 12.2. The first-order chi connectivity index (χ1) is 49.8. The van der Waals surface area contributed by atoms with E-state index >= 15 is 0 Å². The number of carbonyl (C=O) groups excluding carboxylic acids is 3. The lowest BCUT2D eigenvalue weighted by molar-refractivity contribution is -0.136. The smallest absolute Gasteiger partial charge is 0.408 e. The number of carboxylic acids is 1. The van der Waals surface area contributed by atoms with E-state index in [0.29, 0.717) is 60.4 Å². The number of nitrogen functional groups attached to an aromatic ring is 3. The second-order valence-electron chi connectivity index (χ2n) is 24.1. The highest BCUT2D eigenvalue weighted by atomic mass is 35.5. The molecule has 12 aromatic rings. The van der Waals surface area contributed by atoms with Gasteiger partial charge in [-0.1, -0.05) is 66.2 Å². The Labute approximate surface area is 594 Å². The van der Waals surface area contributed by atoms with Gasteiger partial charge in [0.1, 0.15) is 82.2 Å². The van der Waals surface area contributed by atoms with Gasteiger partial charge in [0.15, 0.2) is 17.5 Å². The molecule has 0 saturated carbocycles. The molecule has 0 atom stereocenters. The van der Waals surface area contributed by atoms with E-state index in [4.69, 9.17) is 52.5 Å². The van der Waals surface area contributed by atoms with Gasteiger partial charge < -0.3 is 81.1 Å². The number of rotatable bonds is 14. The SMILES string of the molecule is CC(C)(C)OC(=O)NCC(=O)N1Cc2c(n(-c3ccc(Oc4ccccc4)cc3)c3c(N)ncnc23)C1.CCC(=O)O.N=NN=NCl.NCC(=O)N1Cc2c(n(-c3ccc(Oc4ccccc4)cc3)c3c(N)ncnc23)C1.Nc1ncnc2c3c(n(-c4ccc(Oc5ccccc5)cc4)c12)CNC3. The lowest BCUT2D eigenvalue weighted by Crippen LogP contribution is -2.40. The molecular formula is C72H72ClN21O9. The van der Waals surface area contributed by atoms with Gasteiger partial charge in [-0.25, -0.2) is 34.7 Å². The van der Waals surface area contributed by atoms with Crippen LogP contribution < -0.4 is 47.8 Å². The van der Waals surface area contributed by atoms with Crippen molar-refractivity contribution in [2.24, 2.45) is 20.8 Å². The number of hydrogen-bond donors (Lipinski definition) is 8. The maximum atomic E-state index is 12.9. The molecule has 15 rings (SSSR count). The summed E-state index contributed by atoms with van der Waals surface area (Å²) in [4.78, 5) is 75.8. The minimum Gasteiger partial charge on any atom is -0.481 e. The Hall–Kier alpha value is -12.9. The van der Waals surface area contributed by atoms with Crippen molar-refractivity contribution in [2.45, 2.75) is 79.0 Å². The minimum atomic E-state index is -0.745. The number of halogens is 1. The molecule has 6 aromatic carbocycles. The van der Waals surface area contributed by atoms with Gasteiger partial charge in [-0.15, -0.1) is 0 Å². The van der Waals surface area contributed by atoms with E-state index in [1.165, 1.54) is 30.2 Å². The van der Waals surface area contributed by atoms with Crippen LogP contribution in [0.5, 0.6) is 34.5 Å². The lowest BCUT2D eigenvalue weighted by Gasteiger charge is -2.21. The number of para-hydroxylation sites is 3. The van der Waals surface area contributed by atoms with Crippen LogP contribution in [0.15, 0.2) is 198 Å². The average molecular weight is 1410 g/mol. The molecule has 9 heterocycles. The Morgan fingerprint density at radius 1 is 0.534 bits per heavy atom. The molecule has 103 heavy (non-hydrogen) atoms. The van der Waals surface area contributed by atoms with Gasteiger partial charge in [0, 0.05) is 59.0 Å². The quantitative estimate of drug-likeness (QED) is 0.0370. The summed E-state index contributed by atoms with van der Waals surface area (Å²) in [5.74, 6) is 4.71. The van der Waals surface area contributed by atoms with Crippen molar-refractivity contribution in [1.29, 1.82) is 5.53 Å². The average Bonchev–Trinajstić information content (AvgIpc) is 1.60. The maximum Gasteiger partial charge on any atom is 0.408 e. The molecule has 3 aliphatic heterocycles. The summed E-state index contributed by atoms with van der Waals surface area (Å²) in [6, 6.07) is 52.2. The number of ether oxygens (including phenoxy) is 4. The zero-order valence-corrected chi connectivity index (χ0v) is 57.1. The molecule has 526 valence electrons. The third-order valence-electron chi connectivity index (χ3n) is 16.2. The number of nitrogens with two attached hydrogens (primary N) is 4. The minimum absolute atomic E-state index is 0.0230. The van der Waals surface area contributed by atoms with Gasteiger partial charge in [0.05, 0.1) is 72.4 Å². The largest absolute Gasteiger partial charge is 0.481 e. The van der Waals surface area contributed by atoms with Gasteiger partial charge in [0.2, 0.25) is 11.8 Å². The summed E-state index contributed by atoms with van der Waals surface area (Å²) in [7, 11) is 0. The van der Waals surface area contributed by atoms with Crippen LogP contribution >= 0.6 is 11.8 Å². The Kier molecular flexibility index (Phi) is 22.4. The molecule has 30 nitrogen and oxygen atoms in total. The fraction of sp³-hybridized carbons (Fsp3) is 0.194. The number of carboxylic acid groups (broad SMARTS) is 1. The van der Waals surface area contributed by atoms with Crippen molar-refractivity contribution in [3.63, 3.8) is 0 Å². The number of benzene rings is 6. The molecule has 31 heteroatoms. The number of carbonyl (C=O) groups is 4. The first kappa shape index (κ1) is 71.4. The summed E-state index contributed by atoms with van der Waals surface area (Å²) < 4.78 is 31.7. The number of aliphatic carboxylic acids is 1. The highest BCUT2D eigenvalue weighted by Gasteiger charge is 2.34. The number of amides is 3. The molecule has 3 aliphatic rings. The highest BCUT2D eigenvalue weighted by molar-refractivity contribution is 6.13. The number of alkyl carbamates (subject to hydrolysis) is 1. The van der Waals surface area contributed by atoms with Crippen molar-refractivity contribution in [2.75, 3.05) is 30.3 Å². The third-order valence-corrected chi connectivity index (χ3v) is 16.2. The van der Waals surface area contributed by atoms with E-state index in [2.05, 4.69) is 72.0 Å². The second-order valence-corrected chi connectivity index (χ2v) is 24.2. The Bertz CT molecular complexity index is 5040. The lowest BCUT2D eigenvalue weighted by atomic mass is 10.2. The Morgan fingerprint density at radius 3 is 1.23 bits per heavy atom. The van der Waals surface area contributed by atoms with Crippen molar-refractivity contribution < 1.29 is 43.2 Å². The Balaban J connectivity index is 0.000000147. The zero-order valence-electron chi connectivity index (χ0n) is 56.3. The molecule has 3 amide bonds. The van der Waals surface area contributed by atoms with Crippen LogP contribution in [0.2, 0.25) is 0 Å². The fourth-order valence-corrected chi connectivity index (χ4v) is 11.7. The molecule has 0 unspecified atom stereocenters. The number of fused-ring (bicyclic) bond motifs is 9. The van der Waals surface area contributed by atoms with Gasteiger partial charge in [-0.3, -0.25) is 14.4 Å². The van der Waals surface area contributed by atoms with E-state index in [9.17, 15) is 19.2 Å². The second kappa shape index (κ2) is 32.4. The summed E-state index contributed by atoms with van der Waals surface area (Å²) in [5.41, 5.74) is 43.0. The molecule has 0 aliphatic carbocycles. The van der Waals surface area contributed by atoms with Crippen LogP contribution in [0.3, 0.4) is 0 Å². The van der Waals surface area contributed by atoms with Crippen molar-refractivity contribution in [1.82, 2.24) is 64.0 Å². The molecule has 6 aromatic heterocycles. The van der Waals surface area contributed by atoms with Gasteiger partial charge in [0.25, 0.3) is 0 Å². The molecular weight excluding hydrogens is 1340 g/mol. The van der Waals surface area contributed by atoms with Crippen molar-refractivity contribution in [3.05, 3.63) is 217 Å². The van der Waals surface area contributed by atoms with Crippen LogP contribution in [0.25, 0.3) is 50.2 Å². The number of aromatic nitrogens is 9. The fourth-order valence-electron chi connectivity index (χ4n) is 11.7. The first-order valence-corrected chi connectivity index (χ1v) is 32.6. The standard InChI is InChI=1S/C27H28N6O4.C22H20N6O2.C20H17N5O.C3H6O2.ClHN4/c1-27(2,3)37-26(35)29-13-22(34)32-14-20-21(15-32)33(24-23(20)30-16-31-25(24)28)17-9-11-19(12-10-17)36-18-7-5-4-6-8-18;23-10-19(29)27-11-17-18(12-27)28(21-20(17)25-13-26-22(21)24)14-6-8-16(9-7-14)30-15-4-2-1-3-5-15;21-20-19-18(23-12-24-20)16-10-22-11-17(16)25(19)13-6-8-15(9-7-13)26-14-4-2-1-3-5-14;1-2-3(4)5;1-3-5-4-2/h4-12,16H,13-15H2,1-3H3,(H,29,35)(H2,28,30,31);1-9,13H,10-12,23H2,(H2,24,25,26);1-9,12,22H,10-11H2,(H2,21,23,24);2H2,1H3,(H,4,5);2H. The van der Waals surface area contributed by atoms with Crippen LogP contribution in [-0.2, 0) is 58.4 Å². The van der Waals surface area contributed by atoms with Gasteiger partial charge in [-0.05, 0) is 140 Å². The van der Waals surface area contributed by atoms with Crippen LogP contribution in [0.4, 0.5) is 22.2 Å². The van der Waals surface area contributed by atoms with E-state index in [0.717, 1.165) is 103 Å². The molecule has 0 bridgehead atoms. The highest BCUT2D eigenvalue weighted by Crippen LogP contribution is 2.40. The van der Waals surface area contributed by atoms with E-state index in [-0.39, 0.29) is 31.3 Å². The molecule has 0 fully saturated rings. The van der Waals surface area contributed by atoms with E-state index < -0.39 is 17.7 Å². The van der Waals surface area contributed by atoms with Crippen LogP contribution in [0, 0.1) is 5.53 Å². The topological polar surface area (TPSA) is 413 Å². The zero-order chi connectivity index (χ0) is 72.7. The molecule has 0 radical (unpaired) electrons. The van der Waals surface area contributed by atoms with Crippen molar-refractivity contribution >= 4 is 86.2 Å². The summed E-state index contributed by atoms with van der Waals surface area (Å²) in [6.45, 7) is 9.88. The number of hydrogen-bond acceptors (Lipinski definition) is 21. The number of nitrogens with zero attached hydrogens (tertiary/aromatic N) is 14. The monoisotopic (exact) mass is 1410 g/mol. The molecule has 0 spiro atoms. The van der Waals surface area contributed by atoms with Gasteiger partial charge in [-0.2, -0.15) is 5.53 Å². The Morgan fingerprint density at radius 2 is 0.893 bits per heavy atom. The molecule has 12 N–H and O–H groups in total. The van der Waals surface area contributed by atoms with Gasteiger partial charge >= 0.3 is 12.1 Å². The maximum absolute atomic E-state index is 12.9. The summed E-state index contributed by atoms with van der Waals surface area (Å²) in [6.07, 6.45) is 3.99. The molecule has 0 saturated heterocycles. The first-order valence-electron chi connectivity index (χ1n) is 32.3. The van der Waals surface area contributed by atoms with Crippen molar-refractivity contribution in [3.8, 4) is 51.6 Å². The predicted molar refractivity (Wildman–Crippen MR) is 386 cm³/mol. The third kappa shape index (κ3) is 16.7. The number of anilines is 3. The van der Waals surface area contributed by atoms with E-state index in [1.807, 2.05) is 173 Å². The van der Waals surface area contributed by atoms with E-state index in [1.54, 1.807) is 37.5 Å². The summed E-state index contributed by atoms with van der Waals surface area (Å²) >= 11 is 4.55. The summed E-state index contributed by atoms with van der Waals surface area (Å²) in [5, 5.41) is 18.7. The van der Waals surface area contributed by atoms with Crippen LogP contribution in [0.1, 0.15) is 67.9 Å². The normalized spacial score (nSPS) is 12.5.